The molecule has 0 bridgehead atoms. The molecule has 0 radical (unpaired) electrons. The Balaban J connectivity index is 2.21. The van der Waals surface area contributed by atoms with Crippen LogP contribution in [0.4, 0.5) is 0 Å². The van der Waals surface area contributed by atoms with Gasteiger partial charge in [-0.2, -0.15) is 0 Å². The van der Waals surface area contributed by atoms with Crippen LogP contribution in [0, 0.1) is 0 Å². The Morgan fingerprint density at radius 2 is 1.52 bits per heavy atom. The van der Waals surface area contributed by atoms with E-state index in [4.69, 9.17) is 0 Å². The standard InChI is InChI=1S/C23H28OS/c1-5-18-15-17(16-19(6-2)22(18)7-3)9-14-23(24)20-10-12-21(13-11-20)25-8-4/h9-16H,5-8H2,1-4H3. The normalized spacial score (nSPS) is 11.2. The van der Waals surface area contributed by atoms with Crippen LogP contribution in [0.15, 0.2) is 47.4 Å². The minimum absolute atomic E-state index is 0.0590. The molecular formula is C23H28OS. The first-order chi connectivity index (χ1) is 12.1. The zero-order valence-corrected chi connectivity index (χ0v) is 16.6. The second-order valence-corrected chi connectivity index (χ2v) is 7.37. The van der Waals surface area contributed by atoms with Crippen LogP contribution in [0.5, 0.6) is 0 Å². The second-order valence-electron chi connectivity index (χ2n) is 6.03. The van der Waals surface area contributed by atoms with Gasteiger partial charge in [-0.15, -0.1) is 11.8 Å². The summed E-state index contributed by atoms with van der Waals surface area (Å²) in [5, 5.41) is 0. The summed E-state index contributed by atoms with van der Waals surface area (Å²) < 4.78 is 0. The number of aryl methyl sites for hydroxylation is 2. The summed E-state index contributed by atoms with van der Waals surface area (Å²) in [7, 11) is 0. The summed E-state index contributed by atoms with van der Waals surface area (Å²) in [6.07, 6.45) is 6.78. The highest BCUT2D eigenvalue weighted by atomic mass is 32.2. The molecule has 0 spiro atoms. The molecule has 2 heteroatoms. The van der Waals surface area contributed by atoms with E-state index in [1.165, 1.54) is 21.6 Å². The molecular weight excluding hydrogens is 324 g/mol. The summed E-state index contributed by atoms with van der Waals surface area (Å²) >= 11 is 1.79. The van der Waals surface area contributed by atoms with E-state index in [0.29, 0.717) is 0 Å². The van der Waals surface area contributed by atoms with Crippen LogP contribution in [0.25, 0.3) is 6.08 Å². The first kappa shape index (κ1) is 19.5. The summed E-state index contributed by atoms with van der Waals surface area (Å²) in [6, 6.07) is 12.3. The molecule has 25 heavy (non-hydrogen) atoms. The lowest BCUT2D eigenvalue weighted by Gasteiger charge is -2.13. The molecule has 2 aromatic rings. The van der Waals surface area contributed by atoms with Crippen LogP contribution in [0.2, 0.25) is 0 Å². The zero-order valence-electron chi connectivity index (χ0n) is 15.8. The molecule has 1 nitrogen and oxygen atoms in total. The van der Waals surface area contributed by atoms with Gasteiger partial charge in [0.25, 0.3) is 0 Å². The lowest BCUT2D eigenvalue weighted by Crippen LogP contribution is -1.99. The largest absolute Gasteiger partial charge is 0.289 e. The van der Waals surface area contributed by atoms with Gasteiger partial charge in [-0.1, -0.05) is 45.9 Å². The molecule has 2 rings (SSSR count). The van der Waals surface area contributed by atoms with Gasteiger partial charge in [0.1, 0.15) is 0 Å². The van der Waals surface area contributed by atoms with Crippen molar-refractivity contribution in [3.63, 3.8) is 0 Å². The van der Waals surface area contributed by atoms with Crippen LogP contribution >= 0.6 is 11.8 Å². The zero-order chi connectivity index (χ0) is 18.2. The highest BCUT2D eigenvalue weighted by Crippen LogP contribution is 2.22. The van der Waals surface area contributed by atoms with Crippen LogP contribution in [0.1, 0.15) is 60.3 Å². The average Bonchev–Trinajstić information content (AvgIpc) is 2.65. The molecule has 0 fully saturated rings. The number of hydrogen-bond donors (Lipinski definition) is 0. The molecule has 0 unspecified atom stereocenters. The molecule has 0 aliphatic rings. The second kappa shape index (κ2) is 9.62. The van der Waals surface area contributed by atoms with Crippen molar-refractivity contribution in [2.75, 3.05) is 5.75 Å². The maximum Gasteiger partial charge on any atom is 0.185 e. The number of benzene rings is 2. The Bertz CT molecular complexity index is 716. The minimum atomic E-state index is 0.0590. The van der Waals surface area contributed by atoms with Crippen molar-refractivity contribution in [1.29, 1.82) is 0 Å². The average molecular weight is 353 g/mol. The fourth-order valence-corrected chi connectivity index (χ4v) is 3.82. The fraction of sp³-hybridized carbons (Fsp3) is 0.348. The third-order valence-electron chi connectivity index (χ3n) is 4.45. The Morgan fingerprint density at radius 1 is 0.920 bits per heavy atom. The van der Waals surface area contributed by atoms with E-state index < -0.39 is 0 Å². The van der Waals surface area contributed by atoms with Gasteiger partial charge in [0.05, 0.1) is 0 Å². The van der Waals surface area contributed by atoms with E-state index >= 15 is 0 Å². The molecule has 0 heterocycles. The summed E-state index contributed by atoms with van der Waals surface area (Å²) in [5.74, 6) is 1.10. The number of carbonyl (C=O) groups is 1. The molecule has 2 aromatic carbocycles. The molecule has 0 amide bonds. The molecule has 0 saturated heterocycles. The number of carbonyl (C=O) groups excluding carboxylic acids is 1. The van der Waals surface area contributed by atoms with E-state index in [0.717, 1.165) is 36.1 Å². The van der Waals surface area contributed by atoms with E-state index in [2.05, 4.69) is 39.8 Å². The number of thioether (sulfide) groups is 1. The van der Waals surface area contributed by atoms with Crippen LogP contribution in [0.3, 0.4) is 0 Å². The van der Waals surface area contributed by atoms with Gasteiger partial charge in [0.15, 0.2) is 5.78 Å². The monoisotopic (exact) mass is 352 g/mol. The molecule has 0 aromatic heterocycles. The van der Waals surface area contributed by atoms with Gasteiger partial charge in [0, 0.05) is 10.5 Å². The van der Waals surface area contributed by atoms with Crippen molar-refractivity contribution in [1.82, 2.24) is 0 Å². The van der Waals surface area contributed by atoms with E-state index in [1.807, 2.05) is 30.3 Å². The molecule has 0 N–H and O–H groups in total. The van der Waals surface area contributed by atoms with Crippen molar-refractivity contribution >= 4 is 23.6 Å². The fourth-order valence-electron chi connectivity index (χ4n) is 3.16. The maximum absolute atomic E-state index is 12.4. The smallest absolute Gasteiger partial charge is 0.185 e. The molecule has 0 saturated carbocycles. The molecule has 0 aliphatic carbocycles. The van der Waals surface area contributed by atoms with E-state index in [-0.39, 0.29) is 5.78 Å². The number of ketones is 1. The van der Waals surface area contributed by atoms with Crippen molar-refractivity contribution < 1.29 is 4.79 Å². The van der Waals surface area contributed by atoms with Gasteiger partial charge in [0.2, 0.25) is 0 Å². The highest BCUT2D eigenvalue weighted by molar-refractivity contribution is 7.99. The lowest BCUT2D eigenvalue weighted by atomic mass is 9.92. The van der Waals surface area contributed by atoms with Crippen molar-refractivity contribution in [3.05, 3.63) is 70.3 Å². The SMILES string of the molecule is CCSc1ccc(C(=O)C=Cc2cc(CC)c(CC)c(CC)c2)cc1. The Kier molecular flexibility index (Phi) is 7.52. The first-order valence-electron chi connectivity index (χ1n) is 9.22. The quantitative estimate of drug-likeness (QED) is 0.311. The van der Waals surface area contributed by atoms with Crippen molar-refractivity contribution in [2.45, 2.75) is 51.9 Å². The van der Waals surface area contributed by atoms with E-state index in [1.54, 1.807) is 17.8 Å². The molecule has 132 valence electrons. The third kappa shape index (κ3) is 5.09. The van der Waals surface area contributed by atoms with Crippen LogP contribution in [-0.4, -0.2) is 11.5 Å². The summed E-state index contributed by atoms with van der Waals surface area (Å²) in [4.78, 5) is 13.6. The van der Waals surface area contributed by atoms with Gasteiger partial charge in [-0.25, -0.2) is 0 Å². The van der Waals surface area contributed by atoms with Gasteiger partial charge >= 0.3 is 0 Å². The predicted octanol–water partition coefficient (Wildman–Crippen LogP) is 6.38. The van der Waals surface area contributed by atoms with Gasteiger partial charge in [-0.05, 0) is 77.6 Å². The predicted molar refractivity (Wildman–Crippen MR) is 111 cm³/mol. The van der Waals surface area contributed by atoms with Crippen molar-refractivity contribution in [3.8, 4) is 0 Å². The van der Waals surface area contributed by atoms with Crippen LogP contribution in [-0.2, 0) is 19.3 Å². The number of rotatable bonds is 8. The number of hydrogen-bond acceptors (Lipinski definition) is 2. The van der Waals surface area contributed by atoms with Crippen molar-refractivity contribution in [2.24, 2.45) is 0 Å². The Hall–Kier alpha value is -1.80. The lowest BCUT2D eigenvalue weighted by molar-refractivity contribution is 0.104. The Morgan fingerprint density at radius 3 is 2.00 bits per heavy atom. The topological polar surface area (TPSA) is 17.1 Å². The van der Waals surface area contributed by atoms with Gasteiger partial charge < -0.3 is 0 Å². The molecule has 0 aliphatic heterocycles. The summed E-state index contributed by atoms with van der Waals surface area (Å²) in [6.45, 7) is 8.74. The number of allylic oxidation sites excluding steroid dienone is 1. The van der Waals surface area contributed by atoms with Gasteiger partial charge in [-0.3, -0.25) is 4.79 Å². The first-order valence-corrected chi connectivity index (χ1v) is 10.2. The highest BCUT2D eigenvalue weighted by Gasteiger charge is 2.07. The molecule has 0 atom stereocenters. The minimum Gasteiger partial charge on any atom is -0.289 e. The van der Waals surface area contributed by atoms with Crippen LogP contribution < -0.4 is 0 Å². The summed E-state index contributed by atoms with van der Waals surface area (Å²) in [5.41, 5.74) is 6.13. The maximum atomic E-state index is 12.4. The van der Waals surface area contributed by atoms with E-state index in [9.17, 15) is 4.79 Å². The third-order valence-corrected chi connectivity index (χ3v) is 5.34. The Labute approximate surface area is 156 Å².